The Morgan fingerprint density at radius 1 is 1.33 bits per heavy atom. The summed E-state index contributed by atoms with van der Waals surface area (Å²) in [5, 5.41) is 0. The summed E-state index contributed by atoms with van der Waals surface area (Å²) < 4.78 is 0. The molecule has 1 saturated heterocycles. The van der Waals surface area contributed by atoms with Gasteiger partial charge in [0.25, 0.3) is 0 Å². The molecule has 12 heavy (non-hydrogen) atoms. The molecule has 0 N–H and O–H groups in total. The Kier molecular flexibility index (Phi) is 3.57. The molecule has 1 heteroatoms. The van der Waals surface area contributed by atoms with Gasteiger partial charge in [-0.15, -0.1) is 0 Å². The molecular formula is C11H23N. The molecule has 0 saturated carbocycles. The minimum Gasteiger partial charge on any atom is -0.300 e. The Morgan fingerprint density at radius 2 is 2.00 bits per heavy atom. The summed E-state index contributed by atoms with van der Waals surface area (Å²) in [4.78, 5) is 2.64. The Hall–Kier alpha value is -0.0400. The van der Waals surface area contributed by atoms with Crippen molar-refractivity contribution in [2.24, 2.45) is 11.8 Å². The van der Waals surface area contributed by atoms with Crippen LogP contribution < -0.4 is 0 Å². The average Bonchev–Trinajstić information content (AvgIpc) is 2.34. The van der Waals surface area contributed by atoms with Crippen LogP contribution in [0.3, 0.4) is 0 Å². The van der Waals surface area contributed by atoms with E-state index in [-0.39, 0.29) is 0 Å². The number of rotatable bonds is 3. The molecule has 0 spiro atoms. The van der Waals surface area contributed by atoms with Crippen molar-refractivity contribution < 1.29 is 0 Å². The Balaban J connectivity index is 2.28. The summed E-state index contributed by atoms with van der Waals surface area (Å²) >= 11 is 0. The van der Waals surface area contributed by atoms with Gasteiger partial charge in [-0.1, -0.05) is 20.8 Å². The molecule has 2 atom stereocenters. The third kappa shape index (κ3) is 2.78. The molecule has 1 rings (SSSR count). The number of hydrogen-bond acceptors (Lipinski definition) is 1. The minimum atomic E-state index is 0.801. The molecule has 1 nitrogen and oxygen atoms in total. The summed E-state index contributed by atoms with van der Waals surface area (Å²) in [6.45, 7) is 12.0. The van der Waals surface area contributed by atoms with Gasteiger partial charge in [-0.3, -0.25) is 0 Å². The number of likely N-dealkylation sites (tertiary alicyclic amines) is 1. The molecule has 0 aliphatic carbocycles. The van der Waals surface area contributed by atoms with Gasteiger partial charge < -0.3 is 4.90 Å². The van der Waals surface area contributed by atoms with E-state index in [4.69, 9.17) is 0 Å². The summed E-state index contributed by atoms with van der Waals surface area (Å²) in [5.41, 5.74) is 0. The van der Waals surface area contributed by atoms with E-state index in [0.29, 0.717) is 0 Å². The van der Waals surface area contributed by atoms with Crippen LogP contribution in [0.4, 0.5) is 0 Å². The van der Waals surface area contributed by atoms with E-state index in [0.717, 1.165) is 17.9 Å². The summed E-state index contributed by atoms with van der Waals surface area (Å²) in [7, 11) is 0. The van der Waals surface area contributed by atoms with Gasteiger partial charge in [0.1, 0.15) is 0 Å². The van der Waals surface area contributed by atoms with E-state index in [1.165, 1.54) is 25.9 Å². The fourth-order valence-corrected chi connectivity index (χ4v) is 2.20. The normalized spacial score (nSPS) is 28.2. The van der Waals surface area contributed by atoms with Crippen LogP contribution in [0, 0.1) is 11.8 Å². The molecule has 0 aromatic carbocycles. The number of hydrogen-bond donors (Lipinski definition) is 0. The van der Waals surface area contributed by atoms with Crippen LogP contribution in [-0.4, -0.2) is 24.0 Å². The van der Waals surface area contributed by atoms with Gasteiger partial charge in [0.15, 0.2) is 0 Å². The van der Waals surface area contributed by atoms with Crippen molar-refractivity contribution in [2.75, 3.05) is 13.1 Å². The van der Waals surface area contributed by atoms with E-state index in [1.54, 1.807) is 0 Å². The lowest BCUT2D eigenvalue weighted by molar-refractivity contribution is 0.222. The molecule has 0 aromatic heterocycles. The Bertz CT molecular complexity index is 131. The van der Waals surface area contributed by atoms with Crippen LogP contribution in [0.2, 0.25) is 0 Å². The zero-order valence-corrected chi connectivity index (χ0v) is 9.01. The smallest absolute Gasteiger partial charge is 0.00694 e. The Labute approximate surface area is 77.1 Å². The van der Waals surface area contributed by atoms with Crippen molar-refractivity contribution in [2.45, 2.75) is 46.6 Å². The molecule has 1 aliphatic rings. The second-order valence-electron chi connectivity index (χ2n) is 4.87. The van der Waals surface area contributed by atoms with Crippen molar-refractivity contribution in [3.63, 3.8) is 0 Å². The second-order valence-corrected chi connectivity index (χ2v) is 4.87. The highest BCUT2D eigenvalue weighted by Gasteiger charge is 2.23. The molecule has 72 valence electrons. The van der Waals surface area contributed by atoms with Gasteiger partial charge >= 0.3 is 0 Å². The first-order valence-corrected chi connectivity index (χ1v) is 5.33. The third-order valence-electron chi connectivity index (χ3n) is 2.89. The van der Waals surface area contributed by atoms with Crippen molar-refractivity contribution in [3.8, 4) is 0 Å². The molecule has 0 amide bonds. The van der Waals surface area contributed by atoms with Crippen LogP contribution in [0.1, 0.15) is 40.5 Å². The van der Waals surface area contributed by atoms with Crippen molar-refractivity contribution in [1.82, 2.24) is 4.90 Å². The molecule has 0 bridgehead atoms. The highest BCUT2D eigenvalue weighted by molar-refractivity contribution is 4.77. The highest BCUT2D eigenvalue weighted by Crippen LogP contribution is 2.20. The molecule has 0 radical (unpaired) electrons. The first-order valence-electron chi connectivity index (χ1n) is 5.33. The van der Waals surface area contributed by atoms with Crippen LogP contribution in [-0.2, 0) is 0 Å². The van der Waals surface area contributed by atoms with E-state index >= 15 is 0 Å². The molecule has 1 heterocycles. The predicted molar refractivity (Wildman–Crippen MR) is 54.3 cm³/mol. The third-order valence-corrected chi connectivity index (χ3v) is 2.89. The summed E-state index contributed by atoms with van der Waals surface area (Å²) in [5.74, 6) is 1.77. The minimum absolute atomic E-state index is 0.801. The quantitative estimate of drug-likeness (QED) is 0.628. The van der Waals surface area contributed by atoms with E-state index in [2.05, 4.69) is 32.6 Å². The fraction of sp³-hybridized carbons (Fsp3) is 1.00. The second kappa shape index (κ2) is 4.27. The molecular weight excluding hydrogens is 146 g/mol. The Morgan fingerprint density at radius 3 is 2.42 bits per heavy atom. The maximum absolute atomic E-state index is 2.64. The van der Waals surface area contributed by atoms with Gasteiger partial charge in [0.2, 0.25) is 0 Å². The predicted octanol–water partition coefficient (Wildman–Crippen LogP) is 2.76. The van der Waals surface area contributed by atoms with Crippen molar-refractivity contribution >= 4 is 0 Å². The van der Waals surface area contributed by atoms with Crippen molar-refractivity contribution in [3.05, 3.63) is 0 Å². The van der Waals surface area contributed by atoms with E-state index < -0.39 is 0 Å². The first-order chi connectivity index (χ1) is 5.59. The molecule has 1 unspecified atom stereocenters. The van der Waals surface area contributed by atoms with Gasteiger partial charge in [-0.25, -0.2) is 0 Å². The zero-order valence-electron chi connectivity index (χ0n) is 9.01. The summed E-state index contributed by atoms with van der Waals surface area (Å²) in [6.07, 6.45) is 2.76. The lowest BCUT2D eigenvalue weighted by atomic mass is 10.0. The number of nitrogens with zero attached hydrogens (tertiary/aromatic N) is 1. The van der Waals surface area contributed by atoms with Gasteiger partial charge in [0.05, 0.1) is 0 Å². The van der Waals surface area contributed by atoms with Crippen LogP contribution in [0.5, 0.6) is 0 Å². The first kappa shape index (κ1) is 10.0. The monoisotopic (exact) mass is 169 g/mol. The van der Waals surface area contributed by atoms with Crippen LogP contribution in [0.25, 0.3) is 0 Å². The maximum Gasteiger partial charge on any atom is 0.00694 e. The standard InChI is InChI=1S/C11H23N/c1-9(2)7-11(4)12-6-5-10(3)8-12/h9-11H,5-8H2,1-4H3/t10-,11?/m1/s1. The summed E-state index contributed by atoms with van der Waals surface area (Å²) in [6, 6.07) is 0.801. The largest absolute Gasteiger partial charge is 0.300 e. The van der Waals surface area contributed by atoms with Crippen LogP contribution >= 0.6 is 0 Å². The lowest BCUT2D eigenvalue weighted by Crippen LogP contribution is -2.31. The fourth-order valence-electron chi connectivity index (χ4n) is 2.20. The van der Waals surface area contributed by atoms with E-state index in [1.807, 2.05) is 0 Å². The van der Waals surface area contributed by atoms with E-state index in [9.17, 15) is 0 Å². The maximum atomic E-state index is 2.64. The van der Waals surface area contributed by atoms with Gasteiger partial charge in [-0.05, 0) is 38.1 Å². The van der Waals surface area contributed by atoms with Crippen LogP contribution in [0.15, 0.2) is 0 Å². The average molecular weight is 169 g/mol. The topological polar surface area (TPSA) is 3.24 Å². The van der Waals surface area contributed by atoms with Gasteiger partial charge in [0, 0.05) is 12.6 Å². The van der Waals surface area contributed by atoms with Gasteiger partial charge in [-0.2, -0.15) is 0 Å². The lowest BCUT2D eigenvalue weighted by Gasteiger charge is -2.25. The zero-order chi connectivity index (χ0) is 9.14. The highest BCUT2D eigenvalue weighted by atomic mass is 15.2. The molecule has 1 aliphatic heterocycles. The van der Waals surface area contributed by atoms with Crippen molar-refractivity contribution in [1.29, 1.82) is 0 Å². The molecule has 0 aromatic rings. The SMILES string of the molecule is CC(C)CC(C)N1CC[C@@H](C)C1. The molecule has 1 fully saturated rings.